The zero-order chi connectivity index (χ0) is 14.4. The van der Waals surface area contributed by atoms with Crippen LogP contribution in [0.25, 0.3) is 0 Å². The van der Waals surface area contributed by atoms with E-state index in [-0.39, 0.29) is 12.5 Å². The van der Waals surface area contributed by atoms with Gasteiger partial charge in [-0.15, -0.1) is 0 Å². The first-order valence-corrected chi connectivity index (χ1v) is 6.24. The van der Waals surface area contributed by atoms with Gasteiger partial charge in [-0.1, -0.05) is 12.1 Å². The summed E-state index contributed by atoms with van der Waals surface area (Å²) < 4.78 is 5.05. The van der Waals surface area contributed by atoms with E-state index < -0.39 is 0 Å². The smallest absolute Gasteiger partial charge is 0.274 e. The minimum Gasteiger partial charge on any atom is -0.497 e. The van der Waals surface area contributed by atoms with Gasteiger partial charge >= 0.3 is 0 Å². The van der Waals surface area contributed by atoms with Crippen molar-refractivity contribution >= 4 is 11.6 Å². The third-order valence-corrected chi connectivity index (χ3v) is 2.81. The highest BCUT2D eigenvalue weighted by atomic mass is 16.5. The number of hydrogen-bond acceptors (Lipinski definition) is 4. The summed E-state index contributed by atoms with van der Waals surface area (Å²) in [6.45, 7) is 0.111. The molecule has 2 rings (SSSR count). The number of pyridine rings is 1. The number of methoxy groups -OCH3 is 1. The monoisotopic (exact) mass is 272 g/mol. The summed E-state index contributed by atoms with van der Waals surface area (Å²) in [5.41, 5.74) is 2.00. The predicted octanol–water partition coefficient (Wildman–Crippen LogP) is 1.88. The molecule has 0 aliphatic rings. The van der Waals surface area contributed by atoms with Gasteiger partial charge in [-0.3, -0.25) is 9.78 Å². The van der Waals surface area contributed by atoms with Gasteiger partial charge < -0.3 is 15.2 Å². The summed E-state index contributed by atoms with van der Waals surface area (Å²) >= 11 is 0. The highest BCUT2D eigenvalue weighted by molar-refractivity contribution is 6.03. The number of carbonyl (C=O) groups is 1. The fourth-order valence-electron chi connectivity index (χ4n) is 1.74. The van der Waals surface area contributed by atoms with Crippen molar-refractivity contribution in [2.75, 3.05) is 19.0 Å². The topological polar surface area (TPSA) is 71.5 Å². The lowest BCUT2D eigenvalue weighted by atomic mass is 10.1. The maximum absolute atomic E-state index is 12.0. The lowest BCUT2D eigenvalue weighted by Crippen LogP contribution is -2.13. The zero-order valence-electron chi connectivity index (χ0n) is 11.2. The Morgan fingerprint density at radius 2 is 2.05 bits per heavy atom. The van der Waals surface area contributed by atoms with Gasteiger partial charge in [0.25, 0.3) is 5.91 Å². The Hall–Kier alpha value is -2.40. The van der Waals surface area contributed by atoms with Crippen LogP contribution in [0, 0.1) is 0 Å². The fourth-order valence-corrected chi connectivity index (χ4v) is 1.74. The molecule has 5 heteroatoms. The van der Waals surface area contributed by atoms with E-state index in [1.54, 1.807) is 24.3 Å². The Balaban J connectivity index is 2.06. The number of aromatic nitrogens is 1. The van der Waals surface area contributed by atoms with Crippen molar-refractivity contribution in [3.05, 3.63) is 53.9 Å². The molecule has 0 saturated carbocycles. The second-order valence-corrected chi connectivity index (χ2v) is 4.21. The molecule has 20 heavy (non-hydrogen) atoms. The van der Waals surface area contributed by atoms with Gasteiger partial charge in [0.2, 0.25) is 0 Å². The number of amides is 1. The first kappa shape index (κ1) is 14.0. The standard InChI is InChI=1S/C15H16N2O3/c1-20-13-6-8-16-14(10-13)15(19)17-12-4-2-11(3-5-12)7-9-18/h2-6,8,10,18H,7,9H2,1H3,(H,17,19). The lowest BCUT2D eigenvalue weighted by molar-refractivity contribution is 0.102. The van der Waals surface area contributed by atoms with Crippen molar-refractivity contribution < 1.29 is 14.6 Å². The number of ether oxygens (including phenoxy) is 1. The number of rotatable bonds is 5. The summed E-state index contributed by atoms with van der Waals surface area (Å²) in [5.74, 6) is 0.294. The van der Waals surface area contributed by atoms with E-state index in [4.69, 9.17) is 9.84 Å². The van der Waals surface area contributed by atoms with Crippen LogP contribution in [0.4, 0.5) is 5.69 Å². The molecular weight excluding hydrogens is 256 g/mol. The zero-order valence-corrected chi connectivity index (χ0v) is 11.2. The van der Waals surface area contributed by atoms with Crippen molar-refractivity contribution in [1.82, 2.24) is 4.98 Å². The summed E-state index contributed by atoms with van der Waals surface area (Å²) in [7, 11) is 1.54. The van der Waals surface area contributed by atoms with Crippen LogP contribution in [-0.4, -0.2) is 29.7 Å². The molecule has 2 aromatic rings. The van der Waals surface area contributed by atoms with E-state index in [9.17, 15) is 4.79 Å². The van der Waals surface area contributed by atoms with Gasteiger partial charge in [0.15, 0.2) is 0 Å². The third-order valence-electron chi connectivity index (χ3n) is 2.81. The van der Waals surface area contributed by atoms with Crippen molar-refractivity contribution in [1.29, 1.82) is 0 Å². The van der Waals surface area contributed by atoms with E-state index in [0.717, 1.165) is 5.56 Å². The van der Waals surface area contributed by atoms with Crippen LogP contribution in [0.2, 0.25) is 0 Å². The quantitative estimate of drug-likeness (QED) is 0.871. The molecule has 0 radical (unpaired) electrons. The van der Waals surface area contributed by atoms with Crippen molar-refractivity contribution in [3.8, 4) is 5.75 Å². The average molecular weight is 272 g/mol. The summed E-state index contributed by atoms with van der Waals surface area (Å²) in [5, 5.41) is 11.6. The molecule has 104 valence electrons. The summed E-state index contributed by atoms with van der Waals surface area (Å²) in [6.07, 6.45) is 2.13. The van der Waals surface area contributed by atoms with Crippen molar-refractivity contribution in [2.45, 2.75) is 6.42 Å². The number of hydrogen-bond donors (Lipinski definition) is 2. The highest BCUT2D eigenvalue weighted by Crippen LogP contribution is 2.14. The van der Waals surface area contributed by atoms with Gasteiger partial charge in [-0.25, -0.2) is 0 Å². The number of anilines is 1. The van der Waals surface area contributed by atoms with E-state index in [1.165, 1.54) is 13.3 Å². The molecule has 1 aromatic heterocycles. The number of aliphatic hydroxyl groups is 1. The molecule has 1 amide bonds. The Kier molecular flexibility index (Phi) is 4.68. The minimum atomic E-state index is -0.293. The lowest BCUT2D eigenvalue weighted by Gasteiger charge is -2.06. The molecule has 0 aliphatic heterocycles. The molecule has 0 fully saturated rings. The molecule has 0 aliphatic carbocycles. The molecule has 2 N–H and O–H groups in total. The number of benzene rings is 1. The molecule has 0 unspecified atom stereocenters. The largest absolute Gasteiger partial charge is 0.497 e. The molecule has 1 aromatic carbocycles. The normalized spacial score (nSPS) is 10.1. The molecule has 0 spiro atoms. The van der Waals surface area contributed by atoms with Crippen molar-refractivity contribution in [2.24, 2.45) is 0 Å². The molecule has 0 atom stereocenters. The molecule has 0 bridgehead atoms. The second-order valence-electron chi connectivity index (χ2n) is 4.21. The van der Waals surface area contributed by atoms with E-state index in [2.05, 4.69) is 10.3 Å². The Labute approximate surface area is 117 Å². The van der Waals surface area contributed by atoms with Gasteiger partial charge in [0.05, 0.1) is 7.11 Å². The van der Waals surface area contributed by atoms with Gasteiger partial charge in [0, 0.05) is 24.6 Å². The maximum Gasteiger partial charge on any atom is 0.274 e. The van der Waals surface area contributed by atoms with Crippen LogP contribution in [0.15, 0.2) is 42.6 Å². The average Bonchev–Trinajstić information content (AvgIpc) is 2.49. The van der Waals surface area contributed by atoms with Gasteiger partial charge in [0.1, 0.15) is 11.4 Å². The predicted molar refractivity (Wildman–Crippen MR) is 76.0 cm³/mol. The van der Waals surface area contributed by atoms with Crippen LogP contribution in [-0.2, 0) is 6.42 Å². The molecule has 1 heterocycles. The van der Waals surface area contributed by atoms with E-state index in [0.29, 0.717) is 23.6 Å². The third kappa shape index (κ3) is 3.55. The van der Waals surface area contributed by atoms with Crippen LogP contribution < -0.4 is 10.1 Å². The molecule has 5 nitrogen and oxygen atoms in total. The first-order chi connectivity index (χ1) is 9.72. The minimum absolute atomic E-state index is 0.111. The number of aliphatic hydroxyl groups excluding tert-OH is 1. The van der Waals surface area contributed by atoms with E-state index >= 15 is 0 Å². The Bertz CT molecular complexity index is 582. The highest BCUT2D eigenvalue weighted by Gasteiger charge is 2.08. The Morgan fingerprint density at radius 1 is 1.30 bits per heavy atom. The Morgan fingerprint density at radius 3 is 2.70 bits per heavy atom. The van der Waals surface area contributed by atoms with Crippen molar-refractivity contribution in [3.63, 3.8) is 0 Å². The number of nitrogens with zero attached hydrogens (tertiary/aromatic N) is 1. The van der Waals surface area contributed by atoms with Crippen LogP contribution in [0.3, 0.4) is 0 Å². The summed E-state index contributed by atoms with van der Waals surface area (Å²) in [6, 6.07) is 10.6. The SMILES string of the molecule is COc1ccnc(C(=O)Nc2ccc(CCO)cc2)c1. The summed E-state index contributed by atoms with van der Waals surface area (Å²) in [4.78, 5) is 16.0. The van der Waals surface area contributed by atoms with Crippen LogP contribution >= 0.6 is 0 Å². The number of nitrogens with one attached hydrogen (secondary N) is 1. The number of carbonyl (C=O) groups excluding carboxylic acids is 1. The van der Waals surface area contributed by atoms with Crippen LogP contribution in [0.1, 0.15) is 16.1 Å². The maximum atomic E-state index is 12.0. The first-order valence-electron chi connectivity index (χ1n) is 6.24. The molecular formula is C15H16N2O3. The van der Waals surface area contributed by atoms with E-state index in [1.807, 2.05) is 12.1 Å². The second kappa shape index (κ2) is 6.68. The van der Waals surface area contributed by atoms with Gasteiger partial charge in [-0.2, -0.15) is 0 Å². The molecule has 0 saturated heterocycles. The fraction of sp³-hybridized carbons (Fsp3) is 0.200. The van der Waals surface area contributed by atoms with Gasteiger partial charge in [-0.05, 0) is 30.2 Å². The van der Waals surface area contributed by atoms with Crippen LogP contribution in [0.5, 0.6) is 5.75 Å².